The summed E-state index contributed by atoms with van der Waals surface area (Å²) in [6.07, 6.45) is 1.26. The lowest BCUT2D eigenvalue weighted by Crippen LogP contribution is -2.10. The predicted molar refractivity (Wildman–Crippen MR) is 70.7 cm³/mol. The maximum Gasteiger partial charge on any atom is 0.250 e. The first kappa shape index (κ1) is 14.2. The van der Waals surface area contributed by atoms with E-state index >= 15 is 0 Å². The van der Waals surface area contributed by atoms with E-state index in [1.165, 1.54) is 18.2 Å². The largest absolute Gasteiger partial charge is 0.402 e. The molecule has 0 radical (unpaired) electrons. The lowest BCUT2D eigenvalue weighted by Gasteiger charge is -2.05. The van der Waals surface area contributed by atoms with Gasteiger partial charge in [-0.05, 0) is 31.2 Å². The van der Waals surface area contributed by atoms with Crippen molar-refractivity contribution in [2.75, 3.05) is 11.1 Å². The molecule has 0 aliphatic carbocycles. The Morgan fingerprint density at radius 3 is 2.33 bits per heavy atom. The fraction of sp³-hybridized carbons (Fsp3) is 0.250. The molecular formula is C12H16N2O3S. The van der Waals surface area contributed by atoms with Crippen LogP contribution in [-0.4, -0.2) is 20.1 Å². The van der Waals surface area contributed by atoms with Crippen LogP contribution < -0.4 is 11.1 Å². The molecule has 1 aromatic rings. The molecule has 5 nitrogen and oxygen atoms in total. The summed E-state index contributed by atoms with van der Waals surface area (Å²) in [7, 11) is -3.21. The van der Waals surface area contributed by atoms with Crippen molar-refractivity contribution < 1.29 is 13.2 Å². The quantitative estimate of drug-likeness (QED) is 0.805. The van der Waals surface area contributed by atoms with Gasteiger partial charge in [0, 0.05) is 17.5 Å². The van der Waals surface area contributed by atoms with E-state index in [1.807, 2.05) is 0 Å². The van der Waals surface area contributed by atoms with Crippen LogP contribution >= 0.6 is 0 Å². The lowest BCUT2D eigenvalue weighted by molar-refractivity contribution is -0.111. The number of sulfone groups is 1. The number of anilines is 1. The molecule has 18 heavy (non-hydrogen) atoms. The van der Waals surface area contributed by atoms with Crippen molar-refractivity contribution in [3.05, 3.63) is 36.0 Å². The third kappa shape index (κ3) is 3.89. The molecule has 0 spiro atoms. The second-order valence-corrected chi connectivity index (χ2v) is 6.08. The number of carbonyl (C=O) groups is 1. The summed E-state index contributed by atoms with van der Waals surface area (Å²) >= 11 is 0. The van der Waals surface area contributed by atoms with Crippen LogP contribution in [0.1, 0.15) is 13.8 Å². The first-order chi connectivity index (χ1) is 8.35. The molecule has 0 unspecified atom stereocenters. The summed E-state index contributed by atoms with van der Waals surface area (Å²) in [5, 5.41) is 2.58. The van der Waals surface area contributed by atoms with E-state index in [1.54, 1.807) is 26.0 Å². The summed E-state index contributed by atoms with van der Waals surface area (Å²) in [5.74, 6) is -0.297. The zero-order valence-corrected chi connectivity index (χ0v) is 11.1. The summed E-state index contributed by atoms with van der Waals surface area (Å²) in [4.78, 5) is 11.6. The highest BCUT2D eigenvalue weighted by molar-refractivity contribution is 7.91. The van der Waals surface area contributed by atoms with E-state index in [-0.39, 0.29) is 16.6 Å². The first-order valence-corrected chi connectivity index (χ1v) is 7.08. The Morgan fingerprint density at radius 2 is 1.89 bits per heavy atom. The summed E-state index contributed by atoms with van der Waals surface area (Å²) in [6, 6.07) is 6.02. The van der Waals surface area contributed by atoms with Crippen LogP contribution in [0.25, 0.3) is 0 Å². The number of amides is 1. The second-order valence-electron chi connectivity index (χ2n) is 3.81. The smallest absolute Gasteiger partial charge is 0.250 e. The van der Waals surface area contributed by atoms with Gasteiger partial charge < -0.3 is 11.1 Å². The number of benzene rings is 1. The van der Waals surface area contributed by atoms with Gasteiger partial charge in [-0.3, -0.25) is 4.79 Å². The van der Waals surface area contributed by atoms with Gasteiger partial charge in [-0.2, -0.15) is 0 Å². The minimum Gasteiger partial charge on any atom is -0.402 e. The fourth-order valence-electron chi connectivity index (χ4n) is 1.30. The normalized spacial score (nSPS) is 12.2. The van der Waals surface area contributed by atoms with Crippen LogP contribution in [0.2, 0.25) is 0 Å². The van der Waals surface area contributed by atoms with E-state index < -0.39 is 9.84 Å². The van der Waals surface area contributed by atoms with E-state index in [9.17, 15) is 13.2 Å². The molecule has 0 fully saturated rings. The molecule has 1 aromatic carbocycles. The van der Waals surface area contributed by atoms with Gasteiger partial charge >= 0.3 is 0 Å². The van der Waals surface area contributed by atoms with Crippen LogP contribution in [-0.2, 0) is 14.6 Å². The summed E-state index contributed by atoms with van der Waals surface area (Å²) in [6.45, 7) is 3.19. The zero-order valence-electron chi connectivity index (χ0n) is 10.3. The SMILES string of the molecule is CCS(=O)(=O)c1ccc(NC(=O)C=C(C)N)cc1. The number of hydrogen-bond donors (Lipinski definition) is 2. The van der Waals surface area contributed by atoms with Crippen molar-refractivity contribution >= 4 is 21.4 Å². The Kier molecular flexibility index (Phi) is 4.49. The molecule has 0 saturated heterocycles. The molecule has 6 heteroatoms. The third-order valence-corrected chi connectivity index (χ3v) is 3.97. The number of allylic oxidation sites excluding steroid dienone is 1. The van der Waals surface area contributed by atoms with Crippen molar-refractivity contribution in [3.8, 4) is 0 Å². The summed E-state index contributed by atoms with van der Waals surface area (Å²) in [5.41, 5.74) is 6.29. The first-order valence-electron chi connectivity index (χ1n) is 5.42. The molecule has 1 rings (SSSR count). The third-order valence-electron chi connectivity index (χ3n) is 2.22. The Labute approximate surface area is 107 Å². The van der Waals surface area contributed by atoms with Gasteiger partial charge in [0.05, 0.1) is 10.6 Å². The van der Waals surface area contributed by atoms with E-state index in [0.717, 1.165) is 0 Å². The van der Waals surface area contributed by atoms with Crippen LogP contribution in [0.15, 0.2) is 40.9 Å². The molecule has 0 aliphatic heterocycles. The highest BCUT2D eigenvalue weighted by Gasteiger charge is 2.10. The van der Waals surface area contributed by atoms with E-state index in [4.69, 9.17) is 5.73 Å². The zero-order chi connectivity index (χ0) is 13.8. The maximum absolute atomic E-state index is 11.6. The van der Waals surface area contributed by atoms with Crippen molar-refractivity contribution in [1.29, 1.82) is 0 Å². The number of carbonyl (C=O) groups excluding carboxylic acids is 1. The highest BCUT2D eigenvalue weighted by Crippen LogP contribution is 2.15. The van der Waals surface area contributed by atoms with E-state index in [0.29, 0.717) is 11.4 Å². The van der Waals surface area contributed by atoms with Gasteiger partial charge in [0.25, 0.3) is 0 Å². The predicted octanol–water partition coefficient (Wildman–Crippen LogP) is 1.28. The van der Waals surface area contributed by atoms with Gasteiger partial charge in [0.1, 0.15) is 0 Å². The lowest BCUT2D eigenvalue weighted by atomic mass is 10.3. The van der Waals surface area contributed by atoms with E-state index in [2.05, 4.69) is 5.32 Å². The Hall–Kier alpha value is -1.82. The van der Waals surface area contributed by atoms with Crippen LogP contribution in [0, 0.1) is 0 Å². The molecular weight excluding hydrogens is 252 g/mol. The van der Waals surface area contributed by atoms with Gasteiger partial charge in [0.2, 0.25) is 5.91 Å². The topological polar surface area (TPSA) is 89.3 Å². The number of nitrogens with two attached hydrogens (primary N) is 1. The number of hydrogen-bond acceptors (Lipinski definition) is 4. The van der Waals surface area contributed by atoms with Crippen LogP contribution in [0.5, 0.6) is 0 Å². The van der Waals surface area contributed by atoms with Crippen molar-refractivity contribution in [1.82, 2.24) is 0 Å². The van der Waals surface area contributed by atoms with Crippen LogP contribution in [0.3, 0.4) is 0 Å². The minimum absolute atomic E-state index is 0.0494. The van der Waals surface area contributed by atoms with Crippen molar-refractivity contribution in [3.63, 3.8) is 0 Å². The molecule has 98 valence electrons. The molecule has 3 N–H and O–H groups in total. The monoisotopic (exact) mass is 268 g/mol. The van der Waals surface area contributed by atoms with Gasteiger partial charge in [0.15, 0.2) is 9.84 Å². The average molecular weight is 268 g/mol. The molecule has 0 atom stereocenters. The standard InChI is InChI=1S/C12H16N2O3S/c1-3-18(16,17)11-6-4-10(5-7-11)14-12(15)8-9(2)13/h4-8H,3,13H2,1-2H3,(H,14,15). The molecule has 0 bridgehead atoms. The van der Waals surface area contributed by atoms with Gasteiger partial charge in [-0.25, -0.2) is 8.42 Å². The summed E-state index contributed by atoms with van der Waals surface area (Å²) < 4.78 is 23.1. The van der Waals surface area contributed by atoms with Crippen LogP contribution in [0.4, 0.5) is 5.69 Å². The maximum atomic E-state index is 11.6. The average Bonchev–Trinajstić information content (AvgIpc) is 2.28. The highest BCUT2D eigenvalue weighted by atomic mass is 32.2. The van der Waals surface area contributed by atoms with Gasteiger partial charge in [-0.15, -0.1) is 0 Å². The molecule has 0 heterocycles. The Balaban J connectivity index is 2.85. The molecule has 1 amide bonds. The number of nitrogens with one attached hydrogen (secondary N) is 1. The second kappa shape index (κ2) is 5.68. The minimum atomic E-state index is -3.21. The fourth-order valence-corrected chi connectivity index (χ4v) is 2.18. The molecule has 0 saturated carbocycles. The Bertz CT molecular complexity index is 555. The molecule has 0 aliphatic rings. The Morgan fingerprint density at radius 1 is 1.33 bits per heavy atom. The van der Waals surface area contributed by atoms with Gasteiger partial charge in [-0.1, -0.05) is 6.92 Å². The van der Waals surface area contributed by atoms with Crippen molar-refractivity contribution in [2.45, 2.75) is 18.7 Å². The van der Waals surface area contributed by atoms with Crippen molar-refractivity contribution in [2.24, 2.45) is 5.73 Å². The number of rotatable bonds is 4. The molecule has 0 aromatic heterocycles.